The molecule has 1 amide bonds. The summed E-state index contributed by atoms with van der Waals surface area (Å²) in [4.78, 5) is 26.8. The zero-order chi connectivity index (χ0) is 20.7. The van der Waals surface area contributed by atoms with Crippen molar-refractivity contribution in [2.24, 2.45) is 0 Å². The Bertz CT molecular complexity index is 1220. The van der Waals surface area contributed by atoms with Crippen molar-refractivity contribution in [3.8, 4) is 0 Å². The minimum absolute atomic E-state index is 0.0283. The maximum absolute atomic E-state index is 13.4. The fourth-order valence-corrected chi connectivity index (χ4v) is 4.33. The van der Waals surface area contributed by atoms with Crippen LogP contribution in [0.4, 0.5) is 5.69 Å². The molecule has 0 spiro atoms. The number of ketones is 1. The molecule has 1 atom stereocenters. The fourth-order valence-electron chi connectivity index (χ4n) is 4.33. The van der Waals surface area contributed by atoms with Crippen LogP contribution in [0, 0.1) is 0 Å². The quantitative estimate of drug-likeness (QED) is 0.667. The van der Waals surface area contributed by atoms with Gasteiger partial charge in [-0.2, -0.15) is 0 Å². The van der Waals surface area contributed by atoms with Crippen molar-refractivity contribution in [2.75, 3.05) is 5.32 Å². The lowest BCUT2D eigenvalue weighted by molar-refractivity contribution is -0.113. The molecule has 0 saturated carbocycles. The van der Waals surface area contributed by atoms with Crippen molar-refractivity contribution < 1.29 is 9.59 Å². The summed E-state index contributed by atoms with van der Waals surface area (Å²) in [5.74, 6) is -0.680. The van der Waals surface area contributed by atoms with Gasteiger partial charge in [-0.3, -0.25) is 9.59 Å². The van der Waals surface area contributed by atoms with Crippen molar-refractivity contribution in [1.29, 1.82) is 0 Å². The van der Waals surface area contributed by atoms with Crippen molar-refractivity contribution in [2.45, 2.75) is 12.8 Å². The first kappa shape index (κ1) is 18.1. The smallest absolute Gasteiger partial charge is 0.254 e. The van der Waals surface area contributed by atoms with Crippen LogP contribution in [-0.2, 0) is 4.79 Å². The molecule has 0 radical (unpaired) electrons. The lowest BCUT2D eigenvalue weighted by Crippen LogP contribution is -2.31. The normalized spacial score (nSPS) is 17.4. The SMILES string of the molecule is CC1=C(C(=O)Nc2ccccc2)[C@@H](c2ccccc2)C2=C(N1)c1ccccc1C2=O. The van der Waals surface area contributed by atoms with E-state index in [-0.39, 0.29) is 11.7 Å². The van der Waals surface area contributed by atoms with Gasteiger partial charge in [-0.15, -0.1) is 0 Å². The summed E-state index contributed by atoms with van der Waals surface area (Å²) >= 11 is 0. The van der Waals surface area contributed by atoms with Crippen LogP contribution in [0.3, 0.4) is 0 Å². The number of hydrogen-bond acceptors (Lipinski definition) is 3. The maximum atomic E-state index is 13.4. The first-order valence-electron chi connectivity index (χ1n) is 9.92. The Labute approximate surface area is 174 Å². The number of rotatable bonds is 3. The maximum Gasteiger partial charge on any atom is 0.254 e. The van der Waals surface area contributed by atoms with Gasteiger partial charge >= 0.3 is 0 Å². The molecule has 4 heteroatoms. The van der Waals surface area contributed by atoms with E-state index in [1.54, 1.807) is 0 Å². The Balaban J connectivity index is 1.64. The summed E-state index contributed by atoms with van der Waals surface area (Å²) in [7, 11) is 0. The van der Waals surface area contributed by atoms with E-state index in [4.69, 9.17) is 0 Å². The number of carbonyl (C=O) groups is 2. The highest BCUT2D eigenvalue weighted by Gasteiger charge is 2.42. The molecule has 2 N–H and O–H groups in total. The number of amides is 1. The third-order valence-corrected chi connectivity index (χ3v) is 5.66. The van der Waals surface area contributed by atoms with E-state index in [1.807, 2.05) is 91.9 Å². The largest absolute Gasteiger partial charge is 0.358 e. The second-order valence-electron chi connectivity index (χ2n) is 7.49. The Morgan fingerprint density at radius 2 is 1.43 bits per heavy atom. The average molecular weight is 392 g/mol. The van der Waals surface area contributed by atoms with Gasteiger partial charge in [0.05, 0.1) is 5.70 Å². The van der Waals surface area contributed by atoms with E-state index in [9.17, 15) is 9.59 Å². The van der Waals surface area contributed by atoms with E-state index in [2.05, 4.69) is 10.6 Å². The zero-order valence-electron chi connectivity index (χ0n) is 16.5. The number of nitrogens with one attached hydrogen (secondary N) is 2. The topological polar surface area (TPSA) is 58.2 Å². The molecule has 30 heavy (non-hydrogen) atoms. The van der Waals surface area contributed by atoms with Crippen LogP contribution in [0.15, 0.2) is 102 Å². The monoisotopic (exact) mass is 392 g/mol. The molecule has 0 unspecified atom stereocenters. The third-order valence-electron chi connectivity index (χ3n) is 5.66. The second kappa shape index (κ2) is 7.16. The summed E-state index contributed by atoms with van der Waals surface area (Å²) in [5, 5.41) is 6.35. The van der Waals surface area contributed by atoms with Crippen LogP contribution in [0.5, 0.6) is 0 Å². The summed E-state index contributed by atoms with van der Waals surface area (Å²) in [6, 6.07) is 26.7. The molecular formula is C26H20N2O2. The number of Topliss-reactive ketones (excluding diaryl/α,β-unsaturated/α-hetero) is 1. The van der Waals surface area contributed by atoms with Crippen LogP contribution in [-0.4, -0.2) is 11.7 Å². The van der Waals surface area contributed by atoms with Gasteiger partial charge in [-0.05, 0) is 24.6 Å². The van der Waals surface area contributed by atoms with Crippen molar-refractivity contribution in [1.82, 2.24) is 5.32 Å². The summed E-state index contributed by atoms with van der Waals surface area (Å²) in [5.41, 5.74) is 5.95. The van der Waals surface area contributed by atoms with E-state index < -0.39 is 5.92 Å². The summed E-state index contributed by atoms with van der Waals surface area (Å²) < 4.78 is 0. The Hall–Kier alpha value is -3.92. The Kier molecular flexibility index (Phi) is 4.32. The predicted molar refractivity (Wildman–Crippen MR) is 118 cm³/mol. The van der Waals surface area contributed by atoms with Gasteiger partial charge in [0.15, 0.2) is 5.78 Å². The van der Waals surface area contributed by atoms with Gasteiger partial charge in [0, 0.05) is 39.6 Å². The molecule has 0 saturated heterocycles. The zero-order valence-corrected chi connectivity index (χ0v) is 16.5. The molecule has 0 fully saturated rings. The van der Waals surface area contributed by atoms with Crippen LogP contribution in [0.1, 0.15) is 34.3 Å². The molecule has 3 aromatic carbocycles. The molecule has 1 aliphatic heterocycles. The second-order valence-corrected chi connectivity index (χ2v) is 7.49. The number of allylic oxidation sites excluding steroid dienone is 2. The molecule has 1 aliphatic carbocycles. The van der Waals surface area contributed by atoms with E-state index in [0.29, 0.717) is 16.7 Å². The van der Waals surface area contributed by atoms with Crippen LogP contribution < -0.4 is 10.6 Å². The molecule has 0 aromatic heterocycles. The first-order valence-corrected chi connectivity index (χ1v) is 9.92. The number of para-hydroxylation sites is 1. The molecular weight excluding hydrogens is 372 g/mol. The van der Waals surface area contributed by atoms with Crippen LogP contribution in [0.25, 0.3) is 5.70 Å². The molecule has 1 heterocycles. The average Bonchev–Trinajstić information content (AvgIpc) is 3.06. The minimum atomic E-state index is -0.439. The number of anilines is 1. The van der Waals surface area contributed by atoms with Crippen LogP contribution >= 0.6 is 0 Å². The van der Waals surface area contributed by atoms with Gasteiger partial charge in [-0.1, -0.05) is 72.8 Å². The number of dihydropyridines is 1. The van der Waals surface area contributed by atoms with Crippen molar-refractivity contribution >= 4 is 23.1 Å². The van der Waals surface area contributed by atoms with E-state index in [1.165, 1.54) is 0 Å². The van der Waals surface area contributed by atoms with Gasteiger partial charge in [0.25, 0.3) is 5.91 Å². The van der Waals surface area contributed by atoms with Crippen molar-refractivity contribution in [3.63, 3.8) is 0 Å². The highest BCUT2D eigenvalue weighted by Crippen LogP contribution is 2.46. The summed E-state index contributed by atoms with van der Waals surface area (Å²) in [6.45, 7) is 1.89. The van der Waals surface area contributed by atoms with E-state index in [0.717, 1.165) is 28.2 Å². The minimum Gasteiger partial charge on any atom is -0.358 e. The highest BCUT2D eigenvalue weighted by molar-refractivity contribution is 6.23. The number of fused-ring (bicyclic) bond motifs is 2. The highest BCUT2D eigenvalue weighted by atomic mass is 16.2. The molecule has 0 bridgehead atoms. The lowest BCUT2D eigenvalue weighted by Gasteiger charge is -2.29. The number of carbonyl (C=O) groups excluding carboxylic acids is 2. The van der Waals surface area contributed by atoms with Gasteiger partial charge in [-0.25, -0.2) is 0 Å². The number of benzene rings is 3. The Morgan fingerprint density at radius 1 is 0.833 bits per heavy atom. The molecule has 2 aliphatic rings. The van der Waals surface area contributed by atoms with Crippen LogP contribution in [0.2, 0.25) is 0 Å². The molecule has 5 rings (SSSR count). The van der Waals surface area contributed by atoms with Crippen molar-refractivity contribution in [3.05, 3.63) is 118 Å². The lowest BCUT2D eigenvalue weighted by atomic mass is 9.79. The standard InChI is InChI=1S/C26H20N2O2/c1-16-21(26(30)28-18-12-6-3-7-13-18)22(17-10-4-2-5-11-17)23-24(27-16)19-14-8-9-15-20(19)25(23)29/h2-15,22,27H,1H3,(H,28,30)/t22-/m1/s1. The molecule has 146 valence electrons. The van der Waals surface area contributed by atoms with E-state index >= 15 is 0 Å². The predicted octanol–water partition coefficient (Wildman–Crippen LogP) is 4.89. The third kappa shape index (κ3) is 2.85. The fraction of sp³-hybridized carbons (Fsp3) is 0.0769. The first-order chi connectivity index (χ1) is 14.6. The molecule has 4 nitrogen and oxygen atoms in total. The Morgan fingerprint density at radius 3 is 2.13 bits per heavy atom. The van der Waals surface area contributed by atoms with Gasteiger partial charge in [0.1, 0.15) is 0 Å². The van der Waals surface area contributed by atoms with Gasteiger partial charge < -0.3 is 10.6 Å². The van der Waals surface area contributed by atoms with Gasteiger partial charge in [0.2, 0.25) is 0 Å². The molecule has 3 aromatic rings. The summed E-state index contributed by atoms with van der Waals surface area (Å²) in [6.07, 6.45) is 0. The number of hydrogen-bond donors (Lipinski definition) is 2.